The Bertz CT molecular complexity index is 1080. The van der Waals surface area contributed by atoms with Gasteiger partial charge in [0.15, 0.2) is 11.7 Å². The van der Waals surface area contributed by atoms with E-state index in [1.165, 1.54) is 6.92 Å². The van der Waals surface area contributed by atoms with Crippen molar-refractivity contribution < 1.29 is 48.0 Å². The molecule has 0 aromatic rings. The van der Waals surface area contributed by atoms with Crippen LogP contribution in [0.4, 0.5) is 0 Å². The minimum Gasteiger partial charge on any atom is -0.462 e. The number of carbonyl (C=O) groups excluding carboxylic acids is 4. The predicted octanol–water partition coefficient (Wildman–Crippen LogP) is 2.16. The predicted molar refractivity (Wildman–Crippen MR) is 128 cm³/mol. The van der Waals surface area contributed by atoms with E-state index in [9.17, 15) is 24.3 Å². The van der Waals surface area contributed by atoms with Gasteiger partial charge >= 0.3 is 23.9 Å². The molecular formula is C27H36O10. The molecule has 0 aromatic carbocycles. The SMILES string of the molecule is C=C1C(=O)OC2C1C(OC(=O)C1(C)OC1C)C(OC(=O)C(C)=CC)C1(C)C(OC(C)=O)CCC(C)(O)C21. The number of hydrogen-bond acceptors (Lipinski definition) is 10. The van der Waals surface area contributed by atoms with Crippen LogP contribution in [0.1, 0.15) is 61.3 Å². The maximum atomic E-state index is 13.3. The zero-order valence-electron chi connectivity index (χ0n) is 22.4. The molecule has 2 saturated heterocycles. The average Bonchev–Trinajstić information content (AvgIpc) is 3.33. The van der Waals surface area contributed by atoms with Gasteiger partial charge in [-0.15, -0.1) is 0 Å². The molecule has 0 amide bonds. The minimum atomic E-state index is -1.39. The lowest BCUT2D eigenvalue weighted by atomic mass is 9.49. The summed E-state index contributed by atoms with van der Waals surface area (Å²) in [5, 5.41) is 11.6. The van der Waals surface area contributed by atoms with Gasteiger partial charge in [0.1, 0.15) is 18.3 Å². The first kappa shape index (κ1) is 27.3. The molecule has 2 saturated carbocycles. The van der Waals surface area contributed by atoms with Crippen molar-refractivity contribution in [2.45, 2.75) is 103 Å². The molecule has 10 atom stereocenters. The highest BCUT2D eigenvalue weighted by atomic mass is 16.7. The van der Waals surface area contributed by atoms with E-state index in [0.717, 1.165) is 0 Å². The van der Waals surface area contributed by atoms with Crippen LogP contribution in [0.3, 0.4) is 0 Å². The van der Waals surface area contributed by atoms with E-state index in [2.05, 4.69) is 6.58 Å². The second-order valence-electron chi connectivity index (χ2n) is 11.3. The number of esters is 4. The largest absolute Gasteiger partial charge is 0.462 e. The van der Waals surface area contributed by atoms with Gasteiger partial charge in [-0.2, -0.15) is 0 Å². The van der Waals surface area contributed by atoms with Crippen LogP contribution >= 0.6 is 0 Å². The maximum Gasteiger partial charge on any atom is 0.341 e. The lowest BCUT2D eigenvalue weighted by molar-refractivity contribution is -0.279. The van der Waals surface area contributed by atoms with Crippen molar-refractivity contribution in [3.63, 3.8) is 0 Å². The summed E-state index contributed by atoms with van der Waals surface area (Å²) < 4.78 is 29.0. The zero-order chi connectivity index (χ0) is 27.7. The number of epoxide rings is 1. The molecule has 37 heavy (non-hydrogen) atoms. The fourth-order valence-electron chi connectivity index (χ4n) is 6.47. The van der Waals surface area contributed by atoms with Crippen molar-refractivity contribution in [3.05, 3.63) is 23.8 Å². The van der Waals surface area contributed by atoms with Gasteiger partial charge < -0.3 is 28.8 Å². The summed E-state index contributed by atoms with van der Waals surface area (Å²) in [6.07, 6.45) is -2.54. The van der Waals surface area contributed by atoms with Gasteiger partial charge in [0, 0.05) is 24.0 Å². The first-order valence-corrected chi connectivity index (χ1v) is 12.6. The molecule has 2 heterocycles. The summed E-state index contributed by atoms with van der Waals surface area (Å²) in [6.45, 7) is 15.1. The molecule has 10 unspecified atom stereocenters. The third-order valence-corrected chi connectivity index (χ3v) is 8.89. The van der Waals surface area contributed by atoms with Crippen molar-refractivity contribution >= 4 is 23.9 Å². The molecule has 10 nitrogen and oxygen atoms in total. The van der Waals surface area contributed by atoms with Crippen molar-refractivity contribution in [1.82, 2.24) is 0 Å². The van der Waals surface area contributed by atoms with Crippen LogP contribution in [0.15, 0.2) is 23.8 Å². The molecule has 204 valence electrons. The molecule has 4 aliphatic rings. The second kappa shape index (κ2) is 8.94. The van der Waals surface area contributed by atoms with Gasteiger partial charge in [-0.3, -0.25) is 4.79 Å². The Morgan fingerprint density at radius 1 is 1.14 bits per heavy atom. The van der Waals surface area contributed by atoms with Crippen molar-refractivity contribution in [1.29, 1.82) is 0 Å². The summed E-state index contributed by atoms with van der Waals surface area (Å²) in [4.78, 5) is 51.3. The van der Waals surface area contributed by atoms with E-state index < -0.39 is 76.7 Å². The monoisotopic (exact) mass is 520 g/mol. The normalized spacial score (nSPS) is 44.8. The van der Waals surface area contributed by atoms with E-state index in [0.29, 0.717) is 5.57 Å². The first-order chi connectivity index (χ1) is 17.1. The highest BCUT2D eigenvalue weighted by molar-refractivity contribution is 5.92. The van der Waals surface area contributed by atoms with Gasteiger partial charge in [0.25, 0.3) is 0 Å². The van der Waals surface area contributed by atoms with Crippen LogP contribution in [0.25, 0.3) is 0 Å². The van der Waals surface area contributed by atoms with Gasteiger partial charge in [0.2, 0.25) is 0 Å². The smallest absolute Gasteiger partial charge is 0.341 e. The van der Waals surface area contributed by atoms with Crippen LogP contribution in [-0.4, -0.2) is 70.7 Å². The highest BCUT2D eigenvalue weighted by Gasteiger charge is 2.73. The Balaban J connectivity index is 1.90. The molecule has 1 N–H and O–H groups in total. The molecular weight excluding hydrogens is 484 g/mol. The Hall–Kier alpha value is -2.72. The van der Waals surface area contributed by atoms with E-state index in [4.69, 9.17) is 23.7 Å². The van der Waals surface area contributed by atoms with Crippen LogP contribution in [0, 0.1) is 17.3 Å². The molecule has 2 aliphatic heterocycles. The zero-order valence-corrected chi connectivity index (χ0v) is 22.4. The van der Waals surface area contributed by atoms with Crippen LogP contribution in [-0.2, 0) is 42.9 Å². The number of allylic oxidation sites excluding steroid dienone is 1. The molecule has 4 rings (SSSR count). The van der Waals surface area contributed by atoms with Gasteiger partial charge in [-0.1, -0.05) is 19.6 Å². The third-order valence-electron chi connectivity index (χ3n) is 8.89. The summed E-state index contributed by atoms with van der Waals surface area (Å²) in [6, 6.07) is 0. The second-order valence-corrected chi connectivity index (χ2v) is 11.3. The Morgan fingerprint density at radius 3 is 2.30 bits per heavy atom. The van der Waals surface area contributed by atoms with Crippen molar-refractivity contribution in [3.8, 4) is 0 Å². The Kier molecular flexibility index (Phi) is 6.60. The Labute approximate surface area is 216 Å². The quantitative estimate of drug-likeness (QED) is 0.248. The Morgan fingerprint density at radius 2 is 1.76 bits per heavy atom. The van der Waals surface area contributed by atoms with Crippen molar-refractivity contribution in [2.24, 2.45) is 17.3 Å². The molecule has 0 aromatic heterocycles. The summed E-state index contributed by atoms with van der Waals surface area (Å²) in [5.41, 5.74) is -3.53. The molecule has 0 spiro atoms. The highest BCUT2D eigenvalue weighted by Crippen LogP contribution is 2.61. The number of fused-ring (bicyclic) bond motifs is 3. The fraction of sp³-hybridized carbons (Fsp3) is 0.704. The van der Waals surface area contributed by atoms with Gasteiger partial charge in [-0.05, 0) is 47.5 Å². The number of ether oxygens (including phenoxy) is 5. The molecule has 2 aliphatic carbocycles. The van der Waals surface area contributed by atoms with Gasteiger partial charge in [0.05, 0.1) is 23.0 Å². The lowest BCUT2D eigenvalue weighted by Crippen LogP contribution is -2.72. The topological polar surface area (TPSA) is 138 Å². The van der Waals surface area contributed by atoms with E-state index >= 15 is 0 Å². The number of aliphatic hydroxyl groups is 1. The van der Waals surface area contributed by atoms with E-state index in [1.54, 1.807) is 47.6 Å². The summed E-state index contributed by atoms with van der Waals surface area (Å²) in [7, 11) is 0. The van der Waals surface area contributed by atoms with Crippen molar-refractivity contribution in [2.75, 3.05) is 0 Å². The van der Waals surface area contributed by atoms with E-state index in [1.807, 2.05) is 0 Å². The summed E-state index contributed by atoms with van der Waals surface area (Å²) in [5.74, 6) is -4.35. The molecule has 0 bridgehead atoms. The molecule has 4 fully saturated rings. The third kappa shape index (κ3) is 4.18. The minimum absolute atomic E-state index is 0.0500. The van der Waals surface area contributed by atoms with Gasteiger partial charge in [-0.25, -0.2) is 14.4 Å². The number of hydrogen-bond donors (Lipinski definition) is 1. The maximum absolute atomic E-state index is 13.3. The summed E-state index contributed by atoms with van der Waals surface area (Å²) >= 11 is 0. The first-order valence-electron chi connectivity index (χ1n) is 12.6. The lowest BCUT2D eigenvalue weighted by Gasteiger charge is -2.61. The van der Waals surface area contributed by atoms with Crippen LogP contribution in [0.2, 0.25) is 0 Å². The molecule has 10 heteroatoms. The van der Waals surface area contributed by atoms with E-state index in [-0.39, 0.29) is 24.5 Å². The van der Waals surface area contributed by atoms with Crippen LogP contribution < -0.4 is 0 Å². The van der Waals surface area contributed by atoms with Crippen LogP contribution in [0.5, 0.6) is 0 Å². The standard InChI is InChI=1S/C27H36O10/c1-9-12(2)22(29)36-21-19(35-24(31)27(8)14(4)37-27)17-13(3)23(30)34-18(17)20-25(6,32)11-10-16(26(20,21)7)33-15(5)28/h9,14,16-21,32H,3,10-11H2,1-2,4-8H3. The fourth-order valence-corrected chi connectivity index (χ4v) is 6.47. The molecule has 0 radical (unpaired) electrons. The number of carbonyl (C=O) groups is 4. The number of rotatable bonds is 5. The average molecular weight is 521 g/mol.